The Morgan fingerprint density at radius 2 is 1.77 bits per heavy atom. The van der Waals surface area contributed by atoms with Gasteiger partial charge in [-0.25, -0.2) is 17.6 Å². The largest absolute Gasteiger partial charge is 0.416 e. The third-order valence-corrected chi connectivity index (χ3v) is 9.02. The molecule has 0 spiro atoms. The predicted octanol–water partition coefficient (Wildman–Crippen LogP) is 4.86. The smallest absolute Gasteiger partial charge is 0.341 e. The summed E-state index contributed by atoms with van der Waals surface area (Å²) in [5.41, 5.74) is -1.64. The molecule has 3 atom stereocenters. The van der Waals surface area contributed by atoms with Gasteiger partial charge in [0.15, 0.2) is 0 Å². The molecular formula is C25H26Cl2F4N4O4S. The Balaban J connectivity index is 1.55. The van der Waals surface area contributed by atoms with E-state index in [2.05, 4.69) is 10.6 Å². The number of hydrogen-bond donors (Lipinski definition) is 2. The van der Waals surface area contributed by atoms with Gasteiger partial charge in [0.2, 0.25) is 5.91 Å². The normalized spacial score (nSPS) is 21.1. The van der Waals surface area contributed by atoms with E-state index in [0.29, 0.717) is 23.2 Å². The lowest BCUT2D eigenvalue weighted by Crippen LogP contribution is -2.49. The summed E-state index contributed by atoms with van der Waals surface area (Å²) in [5.74, 6) is -0.819. The molecule has 40 heavy (non-hydrogen) atoms. The molecule has 1 heterocycles. The number of likely N-dealkylation sites (tertiary alicyclic amines) is 1. The lowest BCUT2D eigenvalue weighted by molar-refractivity contribution is -0.137. The van der Waals surface area contributed by atoms with Crippen molar-refractivity contribution in [1.29, 1.82) is 0 Å². The lowest BCUT2D eigenvalue weighted by Gasteiger charge is -2.35. The van der Waals surface area contributed by atoms with Gasteiger partial charge in [0.25, 0.3) is 10.0 Å². The molecule has 0 radical (unpaired) electrons. The summed E-state index contributed by atoms with van der Waals surface area (Å²) >= 11 is 12.1. The van der Waals surface area contributed by atoms with Crippen molar-refractivity contribution in [2.75, 3.05) is 30.5 Å². The van der Waals surface area contributed by atoms with Gasteiger partial charge in [-0.05, 0) is 61.2 Å². The molecule has 1 aliphatic heterocycles. The van der Waals surface area contributed by atoms with Crippen LogP contribution in [0.5, 0.6) is 0 Å². The van der Waals surface area contributed by atoms with E-state index in [1.54, 1.807) is 0 Å². The van der Waals surface area contributed by atoms with Crippen LogP contribution in [0.25, 0.3) is 0 Å². The van der Waals surface area contributed by atoms with Crippen molar-refractivity contribution in [3.05, 3.63) is 58.1 Å². The Labute approximate surface area is 238 Å². The molecule has 2 aliphatic rings. The first-order valence-electron chi connectivity index (χ1n) is 12.4. The molecule has 3 amide bonds. The molecule has 1 aliphatic carbocycles. The summed E-state index contributed by atoms with van der Waals surface area (Å²) in [6, 6.07) is 6.18. The first-order chi connectivity index (χ1) is 18.8. The van der Waals surface area contributed by atoms with E-state index in [1.165, 1.54) is 29.2 Å². The number of amides is 3. The van der Waals surface area contributed by atoms with Crippen LogP contribution in [0.2, 0.25) is 10.0 Å². The molecule has 2 aromatic carbocycles. The highest BCUT2D eigenvalue weighted by molar-refractivity contribution is 7.92. The van der Waals surface area contributed by atoms with Crippen molar-refractivity contribution < 1.29 is 35.6 Å². The second kappa shape index (κ2) is 12.0. The first kappa shape index (κ1) is 30.2. The summed E-state index contributed by atoms with van der Waals surface area (Å²) in [6.45, 7) is -0.143. The molecule has 1 saturated heterocycles. The van der Waals surface area contributed by atoms with Crippen molar-refractivity contribution >= 4 is 50.9 Å². The molecule has 1 saturated carbocycles. The highest BCUT2D eigenvalue weighted by Gasteiger charge is 2.39. The minimum absolute atomic E-state index is 0.165. The topological polar surface area (TPSA) is 98.8 Å². The van der Waals surface area contributed by atoms with Gasteiger partial charge in [0.05, 0.1) is 27.2 Å². The van der Waals surface area contributed by atoms with E-state index in [-0.39, 0.29) is 46.9 Å². The molecule has 2 N–H and O–H groups in total. The fraction of sp³-hybridized carbons (Fsp3) is 0.440. The van der Waals surface area contributed by atoms with Gasteiger partial charge in [0.1, 0.15) is 12.7 Å². The highest BCUT2D eigenvalue weighted by Crippen LogP contribution is 2.37. The van der Waals surface area contributed by atoms with Crippen LogP contribution in [0.15, 0.2) is 47.4 Å². The Hall–Kier alpha value is -2.77. The Kier molecular flexibility index (Phi) is 9.05. The van der Waals surface area contributed by atoms with Crippen molar-refractivity contribution in [3.8, 4) is 0 Å². The molecular weight excluding hydrogens is 599 g/mol. The Morgan fingerprint density at radius 3 is 2.40 bits per heavy atom. The molecule has 2 fully saturated rings. The fourth-order valence-corrected chi connectivity index (χ4v) is 6.18. The number of hydrogen-bond acceptors (Lipinski definition) is 4. The monoisotopic (exact) mass is 624 g/mol. The zero-order valence-electron chi connectivity index (χ0n) is 20.9. The van der Waals surface area contributed by atoms with E-state index < -0.39 is 58.1 Å². The SMILES string of the molecule is O=C(NCC1CCCN(C(=O)CN(c2cc(C(F)(F)F)ccc2Cl)S(=O)(=O)c2ccc(Cl)cc2)C1)NC1CC1F. The number of alkyl halides is 4. The summed E-state index contributed by atoms with van der Waals surface area (Å²) in [4.78, 5) is 26.4. The quantitative estimate of drug-likeness (QED) is 0.410. The second-order valence-corrected chi connectivity index (χ2v) is 12.4. The number of piperidine rings is 1. The van der Waals surface area contributed by atoms with Crippen LogP contribution in [0.1, 0.15) is 24.8 Å². The molecule has 218 valence electrons. The van der Waals surface area contributed by atoms with Gasteiger partial charge in [-0.2, -0.15) is 13.2 Å². The predicted molar refractivity (Wildman–Crippen MR) is 142 cm³/mol. The summed E-state index contributed by atoms with van der Waals surface area (Å²) < 4.78 is 81.3. The number of anilines is 1. The number of carbonyl (C=O) groups is 2. The van der Waals surface area contributed by atoms with Gasteiger partial charge < -0.3 is 15.5 Å². The third-order valence-electron chi connectivity index (χ3n) is 6.67. The number of nitrogens with zero attached hydrogens (tertiary/aromatic N) is 2. The van der Waals surface area contributed by atoms with Gasteiger partial charge in [-0.3, -0.25) is 9.10 Å². The van der Waals surface area contributed by atoms with Gasteiger partial charge in [-0.1, -0.05) is 23.2 Å². The second-order valence-electron chi connectivity index (χ2n) is 9.69. The number of benzene rings is 2. The fourth-order valence-electron chi connectivity index (χ4n) is 4.36. The van der Waals surface area contributed by atoms with Crippen molar-refractivity contribution in [2.24, 2.45) is 5.92 Å². The van der Waals surface area contributed by atoms with Crippen LogP contribution in [0.4, 0.5) is 28.0 Å². The summed E-state index contributed by atoms with van der Waals surface area (Å²) in [6.07, 6.45) is -4.34. The van der Waals surface area contributed by atoms with Gasteiger partial charge in [0, 0.05) is 31.1 Å². The maximum atomic E-state index is 13.6. The van der Waals surface area contributed by atoms with Crippen LogP contribution < -0.4 is 14.9 Å². The number of rotatable bonds is 8. The standard InChI is InChI=1S/C25H26Cl2F4N4O4S/c26-17-4-6-18(7-5-17)40(38,39)35(22-10-16(25(29,30)31)3-8-19(22)27)14-23(36)34-9-1-2-15(13-34)12-32-24(37)33-21-11-20(21)28/h3-8,10,15,20-21H,1-2,9,11-14H2,(H2,32,33,37). The van der Waals surface area contributed by atoms with Crippen LogP contribution in [0.3, 0.4) is 0 Å². The number of urea groups is 1. The summed E-state index contributed by atoms with van der Waals surface area (Å²) in [7, 11) is -4.56. The molecule has 0 aromatic heterocycles. The summed E-state index contributed by atoms with van der Waals surface area (Å²) in [5, 5.41) is 5.09. The van der Waals surface area contributed by atoms with E-state index in [0.717, 1.165) is 12.1 Å². The molecule has 15 heteroatoms. The van der Waals surface area contributed by atoms with Crippen molar-refractivity contribution in [3.63, 3.8) is 0 Å². The van der Waals surface area contributed by atoms with E-state index >= 15 is 0 Å². The van der Waals surface area contributed by atoms with Crippen LogP contribution >= 0.6 is 23.2 Å². The maximum Gasteiger partial charge on any atom is 0.416 e. The van der Waals surface area contributed by atoms with Crippen LogP contribution in [0, 0.1) is 5.92 Å². The third kappa shape index (κ3) is 7.29. The first-order valence-corrected chi connectivity index (χ1v) is 14.6. The molecule has 3 unspecified atom stereocenters. The minimum atomic E-state index is -4.79. The average molecular weight is 625 g/mol. The molecule has 0 bridgehead atoms. The number of halogens is 6. The lowest BCUT2D eigenvalue weighted by atomic mass is 9.98. The molecule has 2 aromatic rings. The minimum Gasteiger partial charge on any atom is -0.341 e. The van der Waals surface area contributed by atoms with Crippen LogP contribution in [-0.4, -0.2) is 63.6 Å². The van der Waals surface area contributed by atoms with Crippen LogP contribution in [-0.2, 0) is 21.0 Å². The van der Waals surface area contributed by atoms with E-state index in [9.17, 15) is 35.6 Å². The number of carbonyl (C=O) groups excluding carboxylic acids is 2. The molecule has 8 nitrogen and oxygen atoms in total. The Morgan fingerprint density at radius 1 is 1.10 bits per heavy atom. The zero-order chi connectivity index (χ0) is 29.2. The van der Waals surface area contributed by atoms with Crippen molar-refractivity contribution in [2.45, 2.75) is 42.5 Å². The average Bonchev–Trinajstić information content (AvgIpc) is 3.59. The zero-order valence-corrected chi connectivity index (χ0v) is 23.3. The van der Waals surface area contributed by atoms with Gasteiger partial charge in [-0.15, -0.1) is 0 Å². The number of nitrogens with one attached hydrogen (secondary N) is 2. The van der Waals surface area contributed by atoms with Crippen molar-refractivity contribution in [1.82, 2.24) is 15.5 Å². The highest BCUT2D eigenvalue weighted by atomic mass is 35.5. The molecule has 4 rings (SSSR count). The van der Waals surface area contributed by atoms with E-state index in [4.69, 9.17) is 23.2 Å². The number of sulfonamides is 1. The maximum absolute atomic E-state index is 13.6. The Bertz CT molecular complexity index is 1360. The van der Waals surface area contributed by atoms with Gasteiger partial charge >= 0.3 is 12.2 Å². The van der Waals surface area contributed by atoms with E-state index in [1.807, 2.05) is 0 Å².